The molecule has 0 unspecified atom stereocenters. The van der Waals surface area contributed by atoms with Gasteiger partial charge in [0.15, 0.2) is 17.3 Å². The number of halogens is 1. The van der Waals surface area contributed by atoms with Crippen LogP contribution in [-0.2, 0) is 6.61 Å². The van der Waals surface area contributed by atoms with E-state index in [1.807, 2.05) is 12.1 Å². The van der Waals surface area contributed by atoms with Crippen molar-refractivity contribution in [2.45, 2.75) is 6.61 Å². The van der Waals surface area contributed by atoms with Gasteiger partial charge in [-0.1, -0.05) is 24.3 Å². The van der Waals surface area contributed by atoms with E-state index >= 15 is 0 Å². The third-order valence-corrected chi connectivity index (χ3v) is 5.71. The van der Waals surface area contributed by atoms with Crippen molar-refractivity contribution < 1.29 is 27.9 Å². The Morgan fingerprint density at radius 1 is 0.909 bits per heavy atom. The summed E-state index contributed by atoms with van der Waals surface area (Å²) in [5.74, 6) is 0.164. The number of furan rings is 1. The first-order valence-corrected chi connectivity index (χ1v) is 10.7. The minimum atomic E-state index is -0.609. The number of para-hydroxylation sites is 2. The lowest BCUT2D eigenvalue weighted by molar-refractivity contribution is 0.0830. The molecule has 2 aromatic heterocycles. The minimum Gasteiger partial charge on any atom is -0.493 e. The molecule has 0 fully saturated rings. The minimum absolute atomic E-state index is 0.0205. The maximum absolute atomic E-state index is 13.1. The summed E-state index contributed by atoms with van der Waals surface area (Å²) < 4.78 is 29.5. The topological polar surface area (TPSA) is 89.8 Å². The monoisotopic (exact) mass is 466 g/mol. The summed E-state index contributed by atoms with van der Waals surface area (Å²) in [6.45, 7) is 0.0986. The standard InChI is InChI=1S/C24H19FN2O5S/c1-30-18-4-2-3-5-19(18)31-14-17-10-11-20(32-17)23(28)26-27-24(29)22-13-12-21(33-22)15-6-8-16(25)9-7-15/h2-13H,14H2,1H3,(H,26,28)(H,27,29). The quantitative estimate of drug-likeness (QED) is 0.382. The SMILES string of the molecule is COc1ccccc1OCc1ccc(C(=O)NNC(=O)c2ccc(-c3ccc(F)cc3)s2)o1. The highest BCUT2D eigenvalue weighted by Crippen LogP contribution is 2.28. The number of benzene rings is 2. The maximum Gasteiger partial charge on any atom is 0.305 e. The van der Waals surface area contributed by atoms with Crippen LogP contribution in [-0.4, -0.2) is 18.9 Å². The molecule has 9 heteroatoms. The second kappa shape index (κ2) is 10.0. The number of ether oxygens (including phenoxy) is 2. The van der Waals surface area contributed by atoms with Gasteiger partial charge in [0.05, 0.1) is 12.0 Å². The highest BCUT2D eigenvalue weighted by Gasteiger charge is 2.15. The van der Waals surface area contributed by atoms with Crippen LogP contribution in [0.1, 0.15) is 26.0 Å². The predicted octanol–water partition coefficient (Wildman–Crippen LogP) is 4.81. The van der Waals surface area contributed by atoms with Crippen LogP contribution in [0.4, 0.5) is 4.39 Å². The van der Waals surface area contributed by atoms with Crippen LogP contribution in [0.3, 0.4) is 0 Å². The van der Waals surface area contributed by atoms with Crippen molar-refractivity contribution >= 4 is 23.2 Å². The first-order chi connectivity index (χ1) is 16.0. The van der Waals surface area contributed by atoms with E-state index in [-0.39, 0.29) is 18.2 Å². The molecule has 0 spiro atoms. The van der Waals surface area contributed by atoms with Gasteiger partial charge < -0.3 is 13.9 Å². The van der Waals surface area contributed by atoms with Gasteiger partial charge in [-0.15, -0.1) is 11.3 Å². The number of carbonyl (C=O) groups excluding carboxylic acids is 2. The number of amides is 2. The zero-order chi connectivity index (χ0) is 23.2. The van der Waals surface area contributed by atoms with Gasteiger partial charge >= 0.3 is 5.91 Å². The van der Waals surface area contributed by atoms with Crippen LogP contribution in [0.5, 0.6) is 11.5 Å². The zero-order valence-corrected chi connectivity index (χ0v) is 18.3. The molecule has 2 N–H and O–H groups in total. The van der Waals surface area contributed by atoms with E-state index in [0.29, 0.717) is 22.1 Å². The van der Waals surface area contributed by atoms with Gasteiger partial charge in [0.1, 0.15) is 18.2 Å². The number of hydrogen-bond acceptors (Lipinski definition) is 6. The maximum atomic E-state index is 13.1. The average molecular weight is 466 g/mol. The molecular formula is C24H19FN2O5S. The van der Waals surface area contributed by atoms with Crippen LogP contribution >= 0.6 is 11.3 Å². The number of thiophene rings is 1. The van der Waals surface area contributed by atoms with Gasteiger partial charge in [-0.25, -0.2) is 4.39 Å². The van der Waals surface area contributed by atoms with Crippen molar-refractivity contribution in [3.63, 3.8) is 0 Å². The first kappa shape index (κ1) is 22.1. The number of hydrogen-bond donors (Lipinski definition) is 2. The van der Waals surface area contributed by atoms with Gasteiger partial charge in [-0.3, -0.25) is 20.4 Å². The largest absolute Gasteiger partial charge is 0.493 e. The Bertz CT molecular complexity index is 1270. The van der Waals surface area contributed by atoms with E-state index in [0.717, 1.165) is 10.4 Å². The summed E-state index contributed by atoms with van der Waals surface area (Å²) in [7, 11) is 1.55. The molecule has 2 amide bonds. The molecule has 0 bridgehead atoms. The Hall–Kier alpha value is -4.11. The zero-order valence-electron chi connectivity index (χ0n) is 17.5. The molecule has 0 aliphatic rings. The molecule has 0 saturated carbocycles. The summed E-state index contributed by atoms with van der Waals surface area (Å²) in [6, 6.07) is 19.6. The molecule has 7 nitrogen and oxygen atoms in total. The molecule has 0 saturated heterocycles. The van der Waals surface area contributed by atoms with E-state index in [1.165, 1.54) is 29.5 Å². The molecular weight excluding hydrogens is 447 g/mol. The molecule has 4 rings (SSSR count). The second-order valence-corrected chi connectivity index (χ2v) is 7.87. The Balaban J connectivity index is 1.30. The van der Waals surface area contributed by atoms with Crippen LogP contribution < -0.4 is 20.3 Å². The van der Waals surface area contributed by atoms with Gasteiger partial charge in [0.2, 0.25) is 0 Å². The van der Waals surface area contributed by atoms with E-state index in [1.54, 1.807) is 49.6 Å². The summed E-state index contributed by atoms with van der Waals surface area (Å²) in [4.78, 5) is 25.9. The molecule has 4 aromatic rings. The Morgan fingerprint density at radius 2 is 1.64 bits per heavy atom. The average Bonchev–Trinajstić information content (AvgIpc) is 3.52. The smallest absolute Gasteiger partial charge is 0.305 e. The summed E-state index contributed by atoms with van der Waals surface area (Å²) in [5.41, 5.74) is 5.47. The molecule has 33 heavy (non-hydrogen) atoms. The summed E-state index contributed by atoms with van der Waals surface area (Å²) >= 11 is 1.22. The van der Waals surface area contributed by atoms with Crippen LogP contribution in [0, 0.1) is 5.82 Å². The number of methoxy groups -OCH3 is 1. The van der Waals surface area contributed by atoms with E-state index < -0.39 is 11.8 Å². The highest BCUT2D eigenvalue weighted by atomic mass is 32.1. The van der Waals surface area contributed by atoms with Gasteiger partial charge in [-0.2, -0.15) is 0 Å². The normalized spacial score (nSPS) is 10.5. The van der Waals surface area contributed by atoms with Crippen molar-refractivity contribution in [3.8, 4) is 21.9 Å². The van der Waals surface area contributed by atoms with Gasteiger partial charge in [0.25, 0.3) is 5.91 Å². The summed E-state index contributed by atoms with van der Waals surface area (Å²) in [6.07, 6.45) is 0. The second-order valence-electron chi connectivity index (χ2n) is 6.78. The lowest BCUT2D eigenvalue weighted by Gasteiger charge is -2.08. The van der Waals surface area contributed by atoms with E-state index in [4.69, 9.17) is 13.9 Å². The van der Waals surface area contributed by atoms with Crippen molar-refractivity contribution in [2.24, 2.45) is 0 Å². The van der Waals surface area contributed by atoms with Crippen LogP contribution in [0.25, 0.3) is 10.4 Å². The van der Waals surface area contributed by atoms with Gasteiger partial charge in [0, 0.05) is 4.88 Å². The lowest BCUT2D eigenvalue weighted by Crippen LogP contribution is -2.41. The molecule has 2 aromatic carbocycles. The first-order valence-electron chi connectivity index (χ1n) is 9.84. The Kier molecular flexibility index (Phi) is 6.70. The fourth-order valence-corrected chi connectivity index (χ4v) is 3.84. The molecule has 168 valence electrons. The number of hydrazine groups is 1. The van der Waals surface area contributed by atoms with Crippen LogP contribution in [0.2, 0.25) is 0 Å². The van der Waals surface area contributed by atoms with Crippen LogP contribution in [0.15, 0.2) is 77.2 Å². The van der Waals surface area contributed by atoms with E-state index in [9.17, 15) is 14.0 Å². The van der Waals surface area contributed by atoms with Crippen molar-refractivity contribution in [1.82, 2.24) is 10.9 Å². The fraction of sp³-hybridized carbons (Fsp3) is 0.0833. The molecule has 2 heterocycles. The van der Waals surface area contributed by atoms with Crippen molar-refractivity contribution in [1.29, 1.82) is 0 Å². The molecule has 0 aliphatic heterocycles. The predicted molar refractivity (Wildman–Crippen MR) is 121 cm³/mol. The fourth-order valence-electron chi connectivity index (χ4n) is 2.93. The van der Waals surface area contributed by atoms with Crippen molar-refractivity contribution in [2.75, 3.05) is 7.11 Å². The van der Waals surface area contributed by atoms with Crippen molar-refractivity contribution in [3.05, 3.63) is 95.0 Å². The molecule has 0 atom stereocenters. The molecule has 0 aliphatic carbocycles. The number of carbonyl (C=O) groups is 2. The Labute approximate surface area is 192 Å². The third-order valence-electron chi connectivity index (χ3n) is 4.57. The molecule has 0 radical (unpaired) electrons. The number of nitrogens with one attached hydrogen (secondary N) is 2. The van der Waals surface area contributed by atoms with E-state index in [2.05, 4.69) is 10.9 Å². The van der Waals surface area contributed by atoms with Gasteiger partial charge in [-0.05, 0) is 54.1 Å². The number of rotatable bonds is 7. The third kappa shape index (κ3) is 5.39. The highest BCUT2D eigenvalue weighted by molar-refractivity contribution is 7.17. The lowest BCUT2D eigenvalue weighted by atomic mass is 10.2. The summed E-state index contributed by atoms with van der Waals surface area (Å²) in [5, 5.41) is 0. The Morgan fingerprint density at radius 3 is 2.39 bits per heavy atom.